The van der Waals surface area contributed by atoms with Gasteiger partial charge in [0.15, 0.2) is 5.11 Å². The molecule has 0 spiro atoms. The molecule has 0 amide bonds. The van der Waals surface area contributed by atoms with Crippen LogP contribution in [-0.4, -0.2) is 28.9 Å². The molecule has 1 N–H and O–H groups in total. The summed E-state index contributed by atoms with van der Waals surface area (Å²) in [6.07, 6.45) is 6.11. The fourth-order valence-electron chi connectivity index (χ4n) is 3.86. The standard InChI is InChI=1S/C23H26N4O2S/c1-15(2)26-12-10-16(14-26)22-21(18-7-5-6-11-24-18)25-23(30)27(22)19-9-8-17(28-3)13-20(19)29-4/h5-15,21-22H,1-4H3,(H,25,30)/t21-,22-/m1/s1. The fourth-order valence-corrected chi connectivity index (χ4v) is 4.20. The molecular formula is C23H26N4O2S. The first kappa shape index (κ1) is 20.2. The van der Waals surface area contributed by atoms with Crippen molar-refractivity contribution in [3.05, 3.63) is 72.3 Å². The average molecular weight is 423 g/mol. The van der Waals surface area contributed by atoms with Gasteiger partial charge in [-0.15, -0.1) is 0 Å². The number of nitrogens with one attached hydrogen (secondary N) is 1. The van der Waals surface area contributed by atoms with E-state index in [1.54, 1.807) is 14.2 Å². The van der Waals surface area contributed by atoms with Crippen LogP contribution < -0.4 is 19.7 Å². The number of benzene rings is 1. The van der Waals surface area contributed by atoms with Gasteiger partial charge in [0.1, 0.15) is 11.5 Å². The third kappa shape index (κ3) is 3.61. The van der Waals surface area contributed by atoms with Crippen molar-refractivity contribution in [3.8, 4) is 11.5 Å². The van der Waals surface area contributed by atoms with Crippen LogP contribution in [0.5, 0.6) is 11.5 Å². The Bertz CT molecular complexity index is 1030. The SMILES string of the molecule is COc1ccc(N2C(=S)N[C@H](c3ccccn3)[C@H]2c2ccn(C(C)C)c2)c(OC)c1. The second kappa shape index (κ2) is 8.36. The first-order valence-electron chi connectivity index (χ1n) is 9.93. The molecule has 4 rings (SSSR count). The van der Waals surface area contributed by atoms with Crippen LogP contribution >= 0.6 is 12.2 Å². The summed E-state index contributed by atoms with van der Waals surface area (Å²) in [6.45, 7) is 4.34. The highest BCUT2D eigenvalue weighted by atomic mass is 32.1. The third-order valence-corrected chi connectivity index (χ3v) is 5.73. The van der Waals surface area contributed by atoms with Crippen molar-refractivity contribution in [1.82, 2.24) is 14.9 Å². The van der Waals surface area contributed by atoms with E-state index >= 15 is 0 Å². The molecule has 0 saturated carbocycles. The van der Waals surface area contributed by atoms with Crippen molar-refractivity contribution >= 4 is 23.0 Å². The minimum Gasteiger partial charge on any atom is -0.497 e. The number of nitrogens with zero attached hydrogens (tertiary/aromatic N) is 3. The van der Waals surface area contributed by atoms with Crippen molar-refractivity contribution < 1.29 is 9.47 Å². The van der Waals surface area contributed by atoms with Crippen LogP contribution in [0.1, 0.15) is 43.2 Å². The Kier molecular flexibility index (Phi) is 5.63. The van der Waals surface area contributed by atoms with Crippen LogP contribution in [0.3, 0.4) is 0 Å². The minimum absolute atomic E-state index is 0.0744. The van der Waals surface area contributed by atoms with Gasteiger partial charge in [-0.05, 0) is 62.0 Å². The van der Waals surface area contributed by atoms with Crippen molar-refractivity contribution in [2.75, 3.05) is 19.1 Å². The number of aromatic nitrogens is 2. The normalized spacial score (nSPS) is 18.6. The van der Waals surface area contributed by atoms with Crippen molar-refractivity contribution in [2.45, 2.75) is 32.0 Å². The van der Waals surface area contributed by atoms with E-state index in [4.69, 9.17) is 21.7 Å². The maximum absolute atomic E-state index is 5.80. The number of hydrogen-bond acceptors (Lipinski definition) is 4. The first-order chi connectivity index (χ1) is 14.5. The Hall–Kier alpha value is -3.06. The van der Waals surface area contributed by atoms with Crippen molar-refractivity contribution in [1.29, 1.82) is 0 Å². The topological polar surface area (TPSA) is 51.5 Å². The van der Waals surface area contributed by atoms with Gasteiger partial charge in [0.2, 0.25) is 0 Å². The predicted molar refractivity (Wildman–Crippen MR) is 122 cm³/mol. The summed E-state index contributed by atoms with van der Waals surface area (Å²) < 4.78 is 13.3. The molecule has 0 bridgehead atoms. The van der Waals surface area contributed by atoms with Gasteiger partial charge < -0.3 is 24.3 Å². The highest BCUT2D eigenvalue weighted by Gasteiger charge is 2.42. The lowest BCUT2D eigenvalue weighted by atomic mass is 9.98. The zero-order valence-corrected chi connectivity index (χ0v) is 18.4. The van der Waals surface area contributed by atoms with Gasteiger partial charge in [-0.2, -0.15) is 0 Å². The van der Waals surface area contributed by atoms with E-state index < -0.39 is 0 Å². The fraction of sp³-hybridized carbons (Fsp3) is 0.304. The maximum atomic E-state index is 5.80. The zero-order valence-electron chi connectivity index (χ0n) is 17.6. The highest BCUT2D eigenvalue weighted by molar-refractivity contribution is 7.80. The van der Waals surface area contributed by atoms with E-state index in [-0.39, 0.29) is 12.1 Å². The molecule has 0 radical (unpaired) electrons. The van der Waals surface area contributed by atoms with Crippen LogP contribution in [0.15, 0.2) is 61.1 Å². The lowest BCUT2D eigenvalue weighted by molar-refractivity contribution is 0.394. The summed E-state index contributed by atoms with van der Waals surface area (Å²) in [7, 11) is 3.30. The Labute approximate surface area is 182 Å². The molecule has 1 aliphatic heterocycles. The maximum Gasteiger partial charge on any atom is 0.174 e. The molecule has 0 unspecified atom stereocenters. The molecule has 3 aromatic rings. The molecule has 1 saturated heterocycles. The number of hydrogen-bond donors (Lipinski definition) is 1. The van der Waals surface area contributed by atoms with E-state index in [0.717, 1.165) is 22.7 Å². The van der Waals surface area contributed by atoms with Gasteiger partial charge in [0, 0.05) is 30.7 Å². The largest absolute Gasteiger partial charge is 0.497 e. The molecular weight excluding hydrogens is 396 g/mol. The molecule has 1 aromatic carbocycles. The number of ether oxygens (including phenoxy) is 2. The number of rotatable bonds is 6. The molecule has 1 fully saturated rings. The van der Waals surface area contributed by atoms with Crippen LogP contribution in [0.25, 0.3) is 0 Å². The van der Waals surface area contributed by atoms with Crippen molar-refractivity contribution in [3.63, 3.8) is 0 Å². The summed E-state index contributed by atoms with van der Waals surface area (Å²) >= 11 is 5.80. The molecule has 3 heterocycles. The number of methoxy groups -OCH3 is 2. The van der Waals surface area contributed by atoms with Crippen LogP contribution in [0, 0.1) is 0 Å². The van der Waals surface area contributed by atoms with Crippen LogP contribution in [0.2, 0.25) is 0 Å². The summed E-state index contributed by atoms with van der Waals surface area (Å²) in [4.78, 5) is 6.72. The molecule has 6 nitrogen and oxygen atoms in total. The lowest BCUT2D eigenvalue weighted by Crippen LogP contribution is -2.29. The van der Waals surface area contributed by atoms with E-state index in [2.05, 4.69) is 52.1 Å². The highest BCUT2D eigenvalue weighted by Crippen LogP contribution is 2.45. The smallest absolute Gasteiger partial charge is 0.174 e. The van der Waals surface area contributed by atoms with Crippen molar-refractivity contribution in [2.24, 2.45) is 0 Å². The lowest BCUT2D eigenvalue weighted by Gasteiger charge is -2.28. The van der Waals surface area contributed by atoms with E-state index in [1.165, 1.54) is 0 Å². The Morgan fingerprint density at radius 1 is 1.10 bits per heavy atom. The molecule has 156 valence electrons. The van der Waals surface area contributed by atoms with Gasteiger partial charge >= 0.3 is 0 Å². The average Bonchev–Trinajstić information content (AvgIpc) is 3.38. The van der Waals surface area contributed by atoms with Gasteiger partial charge in [-0.1, -0.05) is 6.07 Å². The summed E-state index contributed by atoms with van der Waals surface area (Å²) in [5, 5.41) is 4.12. The minimum atomic E-state index is -0.0893. The van der Waals surface area contributed by atoms with Crippen LogP contribution in [0.4, 0.5) is 5.69 Å². The van der Waals surface area contributed by atoms with Gasteiger partial charge in [0.25, 0.3) is 0 Å². The Balaban J connectivity index is 1.84. The van der Waals surface area contributed by atoms with Crippen LogP contribution in [-0.2, 0) is 0 Å². The third-order valence-electron chi connectivity index (χ3n) is 5.42. The summed E-state index contributed by atoms with van der Waals surface area (Å²) in [5.74, 6) is 1.44. The number of anilines is 1. The van der Waals surface area contributed by atoms with Gasteiger partial charge in [0.05, 0.1) is 37.7 Å². The number of thiocarbonyl (C=S) groups is 1. The first-order valence-corrected chi connectivity index (χ1v) is 10.3. The van der Waals surface area contributed by atoms with Gasteiger partial charge in [-0.25, -0.2) is 0 Å². The zero-order chi connectivity index (χ0) is 21.3. The number of pyridine rings is 1. The summed E-state index contributed by atoms with van der Waals surface area (Å²) in [5.41, 5.74) is 2.98. The Morgan fingerprint density at radius 3 is 2.57 bits per heavy atom. The Morgan fingerprint density at radius 2 is 1.93 bits per heavy atom. The molecule has 7 heteroatoms. The summed E-state index contributed by atoms with van der Waals surface area (Å²) in [6, 6.07) is 14.1. The second-order valence-corrected chi connectivity index (χ2v) is 7.91. The molecule has 1 aliphatic rings. The van der Waals surface area contributed by atoms with Gasteiger partial charge in [-0.3, -0.25) is 4.98 Å². The molecule has 2 atom stereocenters. The second-order valence-electron chi connectivity index (χ2n) is 7.52. The quantitative estimate of drug-likeness (QED) is 0.583. The van der Waals surface area contributed by atoms with E-state index in [9.17, 15) is 0 Å². The molecule has 0 aliphatic carbocycles. The van der Waals surface area contributed by atoms with E-state index in [1.807, 2.05) is 42.6 Å². The van der Waals surface area contributed by atoms with E-state index in [0.29, 0.717) is 16.9 Å². The molecule has 2 aromatic heterocycles. The predicted octanol–water partition coefficient (Wildman–Crippen LogP) is 4.66. The monoisotopic (exact) mass is 422 g/mol. The molecule has 30 heavy (non-hydrogen) atoms.